The first-order valence-corrected chi connectivity index (χ1v) is 13.1. The van der Waals surface area contributed by atoms with Crippen molar-refractivity contribution >= 4 is 24.8 Å². The van der Waals surface area contributed by atoms with Crippen LogP contribution < -0.4 is 24.3 Å². The molecule has 0 aliphatic carbocycles. The summed E-state index contributed by atoms with van der Waals surface area (Å²) in [6.45, 7) is 5.66. The standard InChI is InChI=1S/C29H40N2O4.2ClH/c1-6-18-17-31-10-8-20-14-27(33-3)29(35-5)16-23(20)25(31)12-21(18)11-24-22-15-28(34-4)26(32-2)13-19(22)7-9-30-24;;/h13-16,18,21,24-25,30H,6-12,17H2,1-5H3;2*1H/t18-,21+,24+,25+;;/m0../s1. The van der Waals surface area contributed by atoms with E-state index in [0.29, 0.717) is 23.9 Å². The van der Waals surface area contributed by atoms with Gasteiger partial charge in [-0.15, -0.1) is 24.8 Å². The lowest BCUT2D eigenvalue weighted by Crippen LogP contribution is -2.46. The second-order valence-electron chi connectivity index (χ2n) is 10.2. The second kappa shape index (κ2) is 12.8. The molecule has 1 N–H and O–H groups in total. The minimum absolute atomic E-state index is 0. The van der Waals surface area contributed by atoms with E-state index in [1.807, 2.05) is 0 Å². The Labute approximate surface area is 234 Å². The zero-order valence-electron chi connectivity index (χ0n) is 22.7. The number of rotatable bonds is 7. The quantitative estimate of drug-likeness (QED) is 0.469. The van der Waals surface area contributed by atoms with E-state index in [-0.39, 0.29) is 24.8 Å². The zero-order valence-corrected chi connectivity index (χ0v) is 24.3. The third-order valence-corrected chi connectivity index (χ3v) is 8.64. The summed E-state index contributed by atoms with van der Waals surface area (Å²) in [4.78, 5) is 2.72. The number of ether oxygens (including phenoxy) is 4. The third-order valence-electron chi connectivity index (χ3n) is 8.64. The first kappa shape index (κ1) is 29.7. The van der Waals surface area contributed by atoms with Crippen LogP contribution in [0.3, 0.4) is 0 Å². The molecular formula is C29H42Cl2N2O4. The molecule has 206 valence electrons. The summed E-state index contributed by atoms with van der Waals surface area (Å²) in [6.07, 6.45) is 5.65. The van der Waals surface area contributed by atoms with Crippen LogP contribution in [0.15, 0.2) is 24.3 Å². The SMILES string of the molecule is CC[C@H]1CN2CCc3cc(OC)c(OC)cc3[C@H]2C[C@H]1C[C@H]1NCCc2cc(OC)c(OC)cc21.Cl.Cl. The summed E-state index contributed by atoms with van der Waals surface area (Å²) in [5.41, 5.74) is 5.60. The van der Waals surface area contributed by atoms with Gasteiger partial charge in [-0.3, -0.25) is 4.90 Å². The van der Waals surface area contributed by atoms with Gasteiger partial charge in [0.2, 0.25) is 0 Å². The predicted molar refractivity (Wildman–Crippen MR) is 153 cm³/mol. The molecular weight excluding hydrogens is 511 g/mol. The van der Waals surface area contributed by atoms with E-state index < -0.39 is 0 Å². The van der Waals surface area contributed by atoms with Crippen molar-refractivity contribution in [1.29, 1.82) is 0 Å². The van der Waals surface area contributed by atoms with Crippen LogP contribution in [0.4, 0.5) is 0 Å². The average Bonchev–Trinajstić information content (AvgIpc) is 2.91. The molecule has 2 aromatic rings. The van der Waals surface area contributed by atoms with Crippen molar-refractivity contribution in [2.45, 2.75) is 51.1 Å². The van der Waals surface area contributed by atoms with Crippen LogP contribution in [0.25, 0.3) is 0 Å². The fourth-order valence-electron chi connectivity index (χ4n) is 6.74. The number of nitrogens with zero attached hydrogens (tertiary/aromatic N) is 1. The van der Waals surface area contributed by atoms with Crippen molar-refractivity contribution in [2.75, 3.05) is 48.1 Å². The van der Waals surface area contributed by atoms with Gasteiger partial charge < -0.3 is 24.3 Å². The van der Waals surface area contributed by atoms with Crippen LogP contribution in [-0.2, 0) is 12.8 Å². The van der Waals surface area contributed by atoms with E-state index >= 15 is 0 Å². The normalized spacial score (nSPS) is 24.4. The van der Waals surface area contributed by atoms with Gasteiger partial charge in [0, 0.05) is 25.2 Å². The monoisotopic (exact) mass is 552 g/mol. The zero-order chi connectivity index (χ0) is 24.5. The fraction of sp³-hybridized carbons (Fsp3) is 0.586. The van der Waals surface area contributed by atoms with Crippen LogP contribution in [-0.4, -0.2) is 53.0 Å². The first-order chi connectivity index (χ1) is 17.1. The minimum atomic E-state index is 0. The highest BCUT2D eigenvalue weighted by Gasteiger charge is 2.40. The highest BCUT2D eigenvalue weighted by atomic mass is 35.5. The molecule has 4 atom stereocenters. The molecule has 5 rings (SSSR count). The summed E-state index contributed by atoms with van der Waals surface area (Å²) < 4.78 is 22.5. The number of piperidine rings is 1. The fourth-order valence-corrected chi connectivity index (χ4v) is 6.74. The van der Waals surface area contributed by atoms with Crippen LogP contribution in [0, 0.1) is 11.8 Å². The van der Waals surface area contributed by atoms with Gasteiger partial charge >= 0.3 is 0 Å². The number of methoxy groups -OCH3 is 4. The highest BCUT2D eigenvalue weighted by molar-refractivity contribution is 5.85. The molecule has 1 saturated heterocycles. The van der Waals surface area contributed by atoms with Crippen molar-refractivity contribution < 1.29 is 18.9 Å². The molecule has 0 amide bonds. The van der Waals surface area contributed by atoms with Crippen LogP contribution in [0.2, 0.25) is 0 Å². The maximum Gasteiger partial charge on any atom is 0.161 e. The Morgan fingerprint density at radius 1 is 0.784 bits per heavy atom. The number of hydrogen-bond donors (Lipinski definition) is 1. The molecule has 0 aromatic heterocycles. The molecule has 2 aromatic carbocycles. The number of nitrogens with one attached hydrogen (secondary N) is 1. The predicted octanol–water partition coefficient (Wildman–Crippen LogP) is 5.79. The Hall–Kier alpha value is -1.86. The number of halogens is 2. The Kier molecular flexibility index (Phi) is 10.3. The van der Waals surface area contributed by atoms with Gasteiger partial charge in [0.1, 0.15) is 0 Å². The van der Waals surface area contributed by atoms with Gasteiger partial charge in [-0.1, -0.05) is 13.3 Å². The molecule has 0 spiro atoms. The molecule has 3 aliphatic heterocycles. The molecule has 0 radical (unpaired) electrons. The van der Waals surface area contributed by atoms with Crippen molar-refractivity contribution in [3.63, 3.8) is 0 Å². The van der Waals surface area contributed by atoms with Gasteiger partial charge in [-0.05, 0) is 90.6 Å². The maximum absolute atomic E-state index is 5.68. The highest BCUT2D eigenvalue weighted by Crippen LogP contribution is 2.48. The Bertz CT molecular complexity index is 1060. The lowest BCUT2D eigenvalue weighted by atomic mass is 9.72. The molecule has 6 nitrogen and oxygen atoms in total. The minimum Gasteiger partial charge on any atom is -0.493 e. The summed E-state index contributed by atoms with van der Waals surface area (Å²) in [7, 11) is 6.90. The average molecular weight is 554 g/mol. The summed E-state index contributed by atoms with van der Waals surface area (Å²) in [5, 5.41) is 3.83. The topological polar surface area (TPSA) is 52.2 Å². The Balaban J connectivity index is 0.00000190. The van der Waals surface area contributed by atoms with Crippen molar-refractivity contribution in [3.8, 4) is 23.0 Å². The van der Waals surface area contributed by atoms with Gasteiger partial charge in [-0.25, -0.2) is 0 Å². The first-order valence-electron chi connectivity index (χ1n) is 13.1. The molecule has 1 fully saturated rings. The molecule has 8 heteroatoms. The van der Waals surface area contributed by atoms with Crippen molar-refractivity contribution in [1.82, 2.24) is 10.2 Å². The van der Waals surface area contributed by atoms with Gasteiger partial charge in [-0.2, -0.15) is 0 Å². The van der Waals surface area contributed by atoms with E-state index in [1.165, 1.54) is 41.6 Å². The smallest absolute Gasteiger partial charge is 0.161 e. The lowest BCUT2D eigenvalue weighted by Gasteiger charge is -2.48. The van der Waals surface area contributed by atoms with E-state index in [4.69, 9.17) is 18.9 Å². The lowest BCUT2D eigenvalue weighted by molar-refractivity contribution is 0.0434. The summed E-state index contributed by atoms with van der Waals surface area (Å²) >= 11 is 0. The number of hydrogen-bond acceptors (Lipinski definition) is 6. The van der Waals surface area contributed by atoms with E-state index in [2.05, 4.69) is 41.4 Å². The summed E-state index contributed by atoms with van der Waals surface area (Å²) in [5.74, 6) is 4.69. The van der Waals surface area contributed by atoms with Crippen LogP contribution in [0.5, 0.6) is 23.0 Å². The van der Waals surface area contributed by atoms with E-state index in [0.717, 1.165) is 55.4 Å². The largest absolute Gasteiger partial charge is 0.493 e. The summed E-state index contributed by atoms with van der Waals surface area (Å²) in [6, 6.07) is 9.61. The van der Waals surface area contributed by atoms with Crippen molar-refractivity contribution in [2.24, 2.45) is 11.8 Å². The van der Waals surface area contributed by atoms with Gasteiger partial charge in [0.05, 0.1) is 28.4 Å². The molecule has 3 heterocycles. The van der Waals surface area contributed by atoms with E-state index in [9.17, 15) is 0 Å². The van der Waals surface area contributed by atoms with Crippen LogP contribution >= 0.6 is 24.8 Å². The third kappa shape index (κ3) is 5.63. The molecule has 0 unspecified atom stereocenters. The van der Waals surface area contributed by atoms with E-state index in [1.54, 1.807) is 28.4 Å². The second-order valence-corrected chi connectivity index (χ2v) is 10.2. The molecule has 3 aliphatic rings. The Morgan fingerprint density at radius 2 is 1.35 bits per heavy atom. The van der Waals surface area contributed by atoms with Crippen LogP contribution in [0.1, 0.15) is 60.5 Å². The molecule has 0 bridgehead atoms. The number of fused-ring (bicyclic) bond motifs is 4. The van der Waals surface area contributed by atoms with Gasteiger partial charge in [0.15, 0.2) is 23.0 Å². The van der Waals surface area contributed by atoms with Crippen molar-refractivity contribution in [3.05, 3.63) is 46.5 Å². The molecule has 0 saturated carbocycles. The van der Waals surface area contributed by atoms with Gasteiger partial charge in [0.25, 0.3) is 0 Å². The Morgan fingerprint density at radius 3 is 1.95 bits per heavy atom. The molecule has 37 heavy (non-hydrogen) atoms. The number of benzene rings is 2. The maximum atomic E-state index is 5.68.